The van der Waals surface area contributed by atoms with Gasteiger partial charge >= 0.3 is 0 Å². The van der Waals surface area contributed by atoms with Crippen LogP contribution in [0.1, 0.15) is 51.7 Å². The van der Waals surface area contributed by atoms with Gasteiger partial charge in [-0.3, -0.25) is 0 Å². The third-order valence-electron chi connectivity index (χ3n) is 2.84. The molecule has 2 N–H and O–H groups in total. The zero-order chi connectivity index (χ0) is 12.4. The minimum Gasteiger partial charge on any atom is -0.369 e. The minimum atomic E-state index is -0.336. The van der Waals surface area contributed by atoms with E-state index in [0.717, 1.165) is 17.1 Å². The van der Waals surface area contributed by atoms with Crippen LogP contribution >= 0.6 is 11.3 Å². The Balaban J connectivity index is 2.95. The lowest BCUT2D eigenvalue weighted by Gasteiger charge is -2.23. The molecule has 92 valence electrons. The van der Waals surface area contributed by atoms with E-state index in [1.54, 1.807) is 11.3 Å². The molecule has 4 heteroatoms. The monoisotopic (exact) mass is 242 g/mol. The molecule has 1 unspecified atom stereocenters. The number of ether oxygens (including phenoxy) is 1. The Kier molecular flexibility index (Phi) is 4.10. The fourth-order valence-corrected chi connectivity index (χ4v) is 2.46. The van der Waals surface area contributed by atoms with Gasteiger partial charge in [0.25, 0.3) is 0 Å². The number of thiazole rings is 1. The van der Waals surface area contributed by atoms with Crippen molar-refractivity contribution < 1.29 is 4.74 Å². The van der Waals surface area contributed by atoms with Gasteiger partial charge in [-0.15, -0.1) is 11.3 Å². The number of rotatable bonds is 5. The summed E-state index contributed by atoms with van der Waals surface area (Å²) in [6.07, 6.45) is 0.880. The summed E-state index contributed by atoms with van der Waals surface area (Å²) in [6.45, 7) is 10.9. The highest BCUT2D eigenvalue weighted by Gasteiger charge is 2.28. The summed E-state index contributed by atoms with van der Waals surface area (Å²) in [5, 5.41) is 3.04. The van der Waals surface area contributed by atoms with Crippen LogP contribution in [-0.4, -0.2) is 11.6 Å². The van der Waals surface area contributed by atoms with E-state index < -0.39 is 0 Å². The highest BCUT2D eigenvalue weighted by Crippen LogP contribution is 2.31. The van der Waals surface area contributed by atoms with Crippen LogP contribution < -0.4 is 5.73 Å². The molecule has 0 radical (unpaired) electrons. The first-order valence-corrected chi connectivity index (χ1v) is 6.60. The van der Waals surface area contributed by atoms with Crippen molar-refractivity contribution in [2.45, 2.75) is 52.2 Å². The Morgan fingerprint density at radius 1 is 1.38 bits per heavy atom. The van der Waals surface area contributed by atoms with E-state index >= 15 is 0 Å². The van der Waals surface area contributed by atoms with Crippen molar-refractivity contribution in [2.24, 2.45) is 5.73 Å². The van der Waals surface area contributed by atoms with Gasteiger partial charge < -0.3 is 10.5 Å². The van der Waals surface area contributed by atoms with Crippen LogP contribution in [0.25, 0.3) is 0 Å². The Morgan fingerprint density at radius 2 is 2.00 bits per heavy atom. The molecule has 0 amide bonds. The number of nitrogens with zero attached hydrogens (tertiary/aromatic N) is 1. The van der Waals surface area contributed by atoms with Crippen molar-refractivity contribution in [3.8, 4) is 0 Å². The molecule has 1 aromatic heterocycles. The van der Waals surface area contributed by atoms with E-state index in [1.165, 1.54) is 0 Å². The van der Waals surface area contributed by atoms with Gasteiger partial charge in [0, 0.05) is 12.0 Å². The van der Waals surface area contributed by atoms with Crippen LogP contribution in [0.15, 0.2) is 5.38 Å². The molecule has 1 atom stereocenters. The van der Waals surface area contributed by atoms with Gasteiger partial charge in [-0.2, -0.15) is 0 Å². The Hall–Kier alpha value is -0.450. The summed E-state index contributed by atoms with van der Waals surface area (Å²) in [5.74, 6) is 0. The van der Waals surface area contributed by atoms with Crippen molar-refractivity contribution >= 4 is 11.3 Å². The second kappa shape index (κ2) is 4.82. The molecule has 0 saturated heterocycles. The molecular formula is C12H22N2OS. The molecule has 0 spiro atoms. The van der Waals surface area contributed by atoms with Crippen molar-refractivity contribution in [1.29, 1.82) is 0 Å². The second-order valence-electron chi connectivity index (χ2n) is 4.75. The van der Waals surface area contributed by atoms with E-state index in [1.807, 2.05) is 33.1 Å². The van der Waals surface area contributed by atoms with E-state index in [4.69, 9.17) is 10.5 Å². The van der Waals surface area contributed by atoms with Gasteiger partial charge in [0.05, 0.1) is 11.2 Å². The maximum atomic E-state index is 6.17. The van der Waals surface area contributed by atoms with E-state index in [0.29, 0.717) is 6.61 Å². The highest BCUT2D eigenvalue weighted by atomic mass is 32.1. The summed E-state index contributed by atoms with van der Waals surface area (Å²) in [7, 11) is 0. The average Bonchev–Trinajstić information content (AvgIpc) is 2.67. The highest BCUT2D eigenvalue weighted by molar-refractivity contribution is 7.09. The topological polar surface area (TPSA) is 48.1 Å². The van der Waals surface area contributed by atoms with Crippen molar-refractivity contribution in [3.63, 3.8) is 0 Å². The zero-order valence-electron chi connectivity index (χ0n) is 10.8. The molecule has 1 aromatic rings. The Bertz CT molecular complexity index is 345. The standard InChI is InChI=1S/C12H22N2OS/c1-6-12(5,13)9-8-16-10(14-9)11(3,4)15-7-2/h8H,6-7,13H2,1-5H3. The van der Waals surface area contributed by atoms with Crippen LogP contribution in [0.5, 0.6) is 0 Å². The lowest BCUT2D eigenvalue weighted by molar-refractivity contribution is -0.0143. The van der Waals surface area contributed by atoms with Gasteiger partial charge in [0.15, 0.2) is 0 Å². The molecule has 0 aliphatic heterocycles. The van der Waals surface area contributed by atoms with Crippen LogP contribution in [0.4, 0.5) is 0 Å². The Labute approximate surface area is 102 Å². The molecular weight excluding hydrogens is 220 g/mol. The van der Waals surface area contributed by atoms with Gasteiger partial charge in [-0.25, -0.2) is 4.98 Å². The van der Waals surface area contributed by atoms with Crippen LogP contribution in [-0.2, 0) is 15.9 Å². The molecule has 0 bridgehead atoms. The largest absolute Gasteiger partial charge is 0.369 e. The number of hydrogen-bond acceptors (Lipinski definition) is 4. The third-order valence-corrected chi connectivity index (χ3v) is 3.99. The molecule has 1 heterocycles. The predicted octanol–water partition coefficient (Wildman–Crippen LogP) is 3.00. The molecule has 0 aliphatic carbocycles. The number of nitrogens with two attached hydrogens (primary N) is 1. The van der Waals surface area contributed by atoms with E-state index in [2.05, 4.69) is 11.9 Å². The lowest BCUT2D eigenvalue weighted by atomic mass is 9.97. The normalized spacial score (nSPS) is 16.1. The molecule has 16 heavy (non-hydrogen) atoms. The van der Waals surface area contributed by atoms with Crippen molar-refractivity contribution in [2.75, 3.05) is 6.61 Å². The molecule has 0 saturated carbocycles. The first kappa shape index (κ1) is 13.6. The molecule has 0 aromatic carbocycles. The average molecular weight is 242 g/mol. The fraction of sp³-hybridized carbons (Fsp3) is 0.750. The van der Waals surface area contributed by atoms with Crippen LogP contribution in [0, 0.1) is 0 Å². The summed E-state index contributed by atoms with van der Waals surface area (Å²) < 4.78 is 5.68. The van der Waals surface area contributed by atoms with Crippen molar-refractivity contribution in [3.05, 3.63) is 16.1 Å². The number of hydrogen-bond donors (Lipinski definition) is 1. The summed E-state index contributed by atoms with van der Waals surface area (Å²) in [5.41, 5.74) is 6.48. The fourth-order valence-electron chi connectivity index (χ4n) is 1.42. The first-order chi connectivity index (χ1) is 7.33. The van der Waals surface area contributed by atoms with Crippen LogP contribution in [0.3, 0.4) is 0 Å². The van der Waals surface area contributed by atoms with Gasteiger partial charge in [-0.05, 0) is 34.1 Å². The first-order valence-electron chi connectivity index (χ1n) is 5.72. The second-order valence-corrected chi connectivity index (χ2v) is 5.61. The zero-order valence-corrected chi connectivity index (χ0v) is 11.6. The van der Waals surface area contributed by atoms with Gasteiger partial charge in [-0.1, -0.05) is 6.92 Å². The third kappa shape index (κ3) is 2.81. The smallest absolute Gasteiger partial charge is 0.124 e. The maximum absolute atomic E-state index is 6.17. The predicted molar refractivity (Wildman–Crippen MR) is 68.6 cm³/mol. The van der Waals surface area contributed by atoms with E-state index in [-0.39, 0.29) is 11.1 Å². The number of aromatic nitrogens is 1. The SMILES string of the molecule is CCOC(C)(C)c1nc(C(C)(N)CC)cs1. The Morgan fingerprint density at radius 3 is 2.50 bits per heavy atom. The van der Waals surface area contributed by atoms with Crippen LogP contribution in [0.2, 0.25) is 0 Å². The van der Waals surface area contributed by atoms with Gasteiger partial charge in [0.2, 0.25) is 0 Å². The lowest BCUT2D eigenvalue weighted by Crippen LogP contribution is -2.32. The quantitative estimate of drug-likeness (QED) is 0.863. The summed E-state index contributed by atoms with van der Waals surface area (Å²) >= 11 is 1.62. The van der Waals surface area contributed by atoms with E-state index in [9.17, 15) is 0 Å². The van der Waals surface area contributed by atoms with Crippen molar-refractivity contribution in [1.82, 2.24) is 4.98 Å². The molecule has 0 aliphatic rings. The summed E-state index contributed by atoms with van der Waals surface area (Å²) in [4.78, 5) is 4.61. The maximum Gasteiger partial charge on any atom is 0.124 e. The van der Waals surface area contributed by atoms with Gasteiger partial charge in [0.1, 0.15) is 10.6 Å². The minimum absolute atomic E-state index is 0.318. The molecule has 0 fully saturated rings. The summed E-state index contributed by atoms with van der Waals surface area (Å²) in [6, 6.07) is 0. The molecule has 3 nitrogen and oxygen atoms in total. The molecule has 1 rings (SSSR count).